The number of piperazine rings is 1. The largest absolute Gasteiger partial charge is 0.450 e. The summed E-state index contributed by atoms with van der Waals surface area (Å²) < 4.78 is 4.99. The van der Waals surface area contributed by atoms with Crippen LogP contribution >= 0.6 is 0 Å². The van der Waals surface area contributed by atoms with E-state index in [0.717, 1.165) is 16.5 Å². The minimum Gasteiger partial charge on any atom is -0.450 e. The zero-order valence-electron chi connectivity index (χ0n) is 14.4. The van der Waals surface area contributed by atoms with Crippen LogP contribution in [0.15, 0.2) is 30.5 Å². The van der Waals surface area contributed by atoms with E-state index in [1.807, 2.05) is 30.5 Å². The van der Waals surface area contributed by atoms with E-state index in [1.54, 1.807) is 16.7 Å². The van der Waals surface area contributed by atoms with E-state index in [4.69, 9.17) is 10.5 Å². The van der Waals surface area contributed by atoms with Crippen LogP contribution in [-0.2, 0) is 16.0 Å². The molecule has 3 N–H and O–H groups in total. The average molecular weight is 344 g/mol. The zero-order chi connectivity index (χ0) is 17.8. The zero-order valence-corrected chi connectivity index (χ0v) is 14.4. The smallest absolute Gasteiger partial charge is 0.409 e. The number of nitrogens with one attached hydrogen (secondary N) is 1. The van der Waals surface area contributed by atoms with Crippen LogP contribution in [0.1, 0.15) is 12.5 Å². The molecular weight excluding hydrogens is 320 g/mol. The maximum atomic E-state index is 12.6. The van der Waals surface area contributed by atoms with Gasteiger partial charge in [-0.15, -0.1) is 0 Å². The van der Waals surface area contributed by atoms with E-state index in [0.29, 0.717) is 39.2 Å². The normalized spacial score (nSPS) is 16.1. The topological polar surface area (TPSA) is 91.7 Å². The molecule has 1 saturated heterocycles. The molecule has 0 unspecified atom stereocenters. The van der Waals surface area contributed by atoms with E-state index in [9.17, 15) is 9.59 Å². The molecule has 25 heavy (non-hydrogen) atoms. The van der Waals surface area contributed by atoms with Gasteiger partial charge in [-0.1, -0.05) is 18.2 Å². The van der Waals surface area contributed by atoms with E-state index in [2.05, 4.69) is 4.98 Å². The SMILES string of the molecule is CCOC(=O)N1CCN(C(=O)[C@@H](N)Cc2c[nH]c3ccccc23)CC1. The monoisotopic (exact) mass is 344 g/mol. The van der Waals surface area contributed by atoms with Crippen molar-refractivity contribution in [1.29, 1.82) is 0 Å². The summed E-state index contributed by atoms with van der Waals surface area (Å²) in [6, 6.07) is 7.38. The predicted molar refractivity (Wildman–Crippen MR) is 95.2 cm³/mol. The molecule has 1 fully saturated rings. The van der Waals surface area contributed by atoms with E-state index < -0.39 is 6.04 Å². The lowest BCUT2D eigenvalue weighted by Gasteiger charge is -2.35. The van der Waals surface area contributed by atoms with Crippen LogP contribution in [0.5, 0.6) is 0 Å². The number of benzene rings is 1. The summed E-state index contributed by atoms with van der Waals surface area (Å²) in [6.45, 7) is 4.06. The fourth-order valence-electron chi connectivity index (χ4n) is 3.18. The summed E-state index contributed by atoms with van der Waals surface area (Å²) in [5.74, 6) is -0.0752. The molecule has 1 aliphatic rings. The summed E-state index contributed by atoms with van der Waals surface area (Å²) in [5.41, 5.74) is 8.25. The van der Waals surface area contributed by atoms with Crippen molar-refractivity contribution >= 4 is 22.9 Å². The minimum absolute atomic E-state index is 0.0752. The Kier molecular flexibility index (Phi) is 5.23. The van der Waals surface area contributed by atoms with Crippen molar-refractivity contribution in [1.82, 2.24) is 14.8 Å². The molecular formula is C18H24N4O3. The van der Waals surface area contributed by atoms with E-state index >= 15 is 0 Å². The lowest BCUT2D eigenvalue weighted by atomic mass is 10.0. The third-order valence-electron chi connectivity index (χ3n) is 4.55. The highest BCUT2D eigenvalue weighted by Crippen LogP contribution is 2.19. The van der Waals surface area contributed by atoms with Crippen LogP contribution < -0.4 is 5.73 Å². The van der Waals surface area contributed by atoms with Gasteiger partial charge >= 0.3 is 6.09 Å². The number of ether oxygens (including phenoxy) is 1. The number of rotatable bonds is 4. The van der Waals surface area contributed by atoms with Gasteiger partial charge < -0.3 is 25.3 Å². The Hall–Kier alpha value is -2.54. The van der Waals surface area contributed by atoms with Gasteiger partial charge in [-0.25, -0.2) is 4.79 Å². The van der Waals surface area contributed by atoms with E-state index in [-0.39, 0.29) is 12.0 Å². The molecule has 1 aromatic heterocycles. The van der Waals surface area contributed by atoms with Gasteiger partial charge in [0, 0.05) is 43.3 Å². The van der Waals surface area contributed by atoms with Crippen LogP contribution in [0.2, 0.25) is 0 Å². The molecule has 0 aliphatic carbocycles. The number of nitrogens with zero attached hydrogens (tertiary/aromatic N) is 2. The van der Waals surface area contributed by atoms with Crippen molar-refractivity contribution in [2.24, 2.45) is 5.73 Å². The number of aromatic amines is 1. The molecule has 7 nitrogen and oxygen atoms in total. The molecule has 1 aromatic carbocycles. The minimum atomic E-state index is -0.589. The first-order chi connectivity index (χ1) is 12.1. The van der Waals surface area contributed by atoms with Gasteiger partial charge in [0.15, 0.2) is 0 Å². The molecule has 0 spiro atoms. The number of carbonyl (C=O) groups excluding carboxylic acids is 2. The van der Waals surface area contributed by atoms with Crippen molar-refractivity contribution in [3.8, 4) is 0 Å². The summed E-state index contributed by atoms with van der Waals surface area (Å²) in [5, 5.41) is 1.10. The summed E-state index contributed by atoms with van der Waals surface area (Å²) in [4.78, 5) is 30.9. The first kappa shape index (κ1) is 17.3. The van der Waals surface area contributed by atoms with Crippen molar-refractivity contribution in [3.05, 3.63) is 36.0 Å². The highest BCUT2D eigenvalue weighted by molar-refractivity contribution is 5.86. The molecule has 7 heteroatoms. The van der Waals surface area contributed by atoms with Crippen LogP contribution in [-0.4, -0.2) is 65.6 Å². The van der Waals surface area contributed by atoms with Gasteiger partial charge in [0.1, 0.15) is 0 Å². The van der Waals surface area contributed by atoms with Gasteiger partial charge in [0.25, 0.3) is 0 Å². The van der Waals surface area contributed by atoms with E-state index in [1.165, 1.54) is 0 Å². The number of para-hydroxylation sites is 1. The lowest BCUT2D eigenvalue weighted by Crippen LogP contribution is -2.54. The number of nitrogens with two attached hydrogens (primary N) is 1. The second-order valence-electron chi connectivity index (χ2n) is 6.18. The van der Waals surface area contributed by atoms with Gasteiger partial charge in [-0.05, 0) is 25.0 Å². The highest BCUT2D eigenvalue weighted by atomic mass is 16.6. The molecule has 0 saturated carbocycles. The van der Waals surface area contributed by atoms with Crippen LogP contribution in [0.3, 0.4) is 0 Å². The van der Waals surface area contributed by atoms with Crippen LogP contribution in [0, 0.1) is 0 Å². The standard InChI is InChI=1S/C18H24N4O3/c1-2-25-18(24)22-9-7-21(8-10-22)17(23)15(19)11-13-12-20-16-6-4-3-5-14(13)16/h3-6,12,15,20H,2,7-11,19H2,1H3/t15-/m0/s1. The lowest BCUT2D eigenvalue weighted by molar-refractivity contribution is -0.134. The Morgan fingerprint density at radius 2 is 1.88 bits per heavy atom. The number of aromatic nitrogens is 1. The second-order valence-corrected chi connectivity index (χ2v) is 6.18. The quantitative estimate of drug-likeness (QED) is 0.875. The Labute approximate surface area is 146 Å². The van der Waals surface area contributed by atoms with Crippen LogP contribution in [0.25, 0.3) is 10.9 Å². The van der Waals surface area contributed by atoms with Crippen molar-refractivity contribution < 1.29 is 14.3 Å². The number of hydrogen-bond donors (Lipinski definition) is 2. The van der Waals surface area contributed by atoms with Gasteiger partial charge in [0.2, 0.25) is 5.91 Å². The molecule has 1 aliphatic heterocycles. The fourth-order valence-corrected chi connectivity index (χ4v) is 3.18. The molecule has 0 bridgehead atoms. The summed E-state index contributed by atoms with van der Waals surface area (Å²) in [7, 11) is 0. The van der Waals surface area contributed by atoms with Crippen molar-refractivity contribution in [2.75, 3.05) is 32.8 Å². The number of amides is 2. The Morgan fingerprint density at radius 3 is 2.60 bits per heavy atom. The first-order valence-corrected chi connectivity index (χ1v) is 8.61. The maximum Gasteiger partial charge on any atom is 0.409 e. The number of carbonyl (C=O) groups is 2. The molecule has 3 rings (SSSR count). The summed E-state index contributed by atoms with van der Waals surface area (Å²) in [6.07, 6.45) is 2.08. The van der Waals surface area contributed by atoms with Crippen molar-refractivity contribution in [2.45, 2.75) is 19.4 Å². The maximum absolute atomic E-state index is 12.6. The highest BCUT2D eigenvalue weighted by Gasteiger charge is 2.28. The van der Waals surface area contributed by atoms with Gasteiger partial charge in [-0.2, -0.15) is 0 Å². The van der Waals surface area contributed by atoms with Gasteiger partial charge in [0.05, 0.1) is 12.6 Å². The predicted octanol–water partition coefficient (Wildman–Crippen LogP) is 1.34. The Morgan fingerprint density at radius 1 is 1.20 bits per heavy atom. The third-order valence-corrected chi connectivity index (χ3v) is 4.55. The second kappa shape index (κ2) is 7.57. The average Bonchev–Trinajstić information content (AvgIpc) is 3.04. The number of H-pyrrole nitrogens is 1. The Balaban J connectivity index is 1.57. The molecule has 0 radical (unpaired) electrons. The first-order valence-electron chi connectivity index (χ1n) is 8.61. The van der Waals surface area contributed by atoms with Crippen molar-refractivity contribution in [3.63, 3.8) is 0 Å². The summed E-state index contributed by atoms with van der Waals surface area (Å²) >= 11 is 0. The molecule has 2 aromatic rings. The van der Waals surface area contributed by atoms with Gasteiger partial charge in [-0.3, -0.25) is 4.79 Å². The molecule has 134 valence electrons. The van der Waals surface area contributed by atoms with Crippen LogP contribution in [0.4, 0.5) is 4.79 Å². The molecule has 2 amide bonds. The molecule has 1 atom stereocenters. The number of hydrogen-bond acceptors (Lipinski definition) is 4. The third kappa shape index (κ3) is 3.76. The Bertz CT molecular complexity index is 750. The number of fused-ring (bicyclic) bond motifs is 1. The molecule has 2 heterocycles. The fraction of sp³-hybridized carbons (Fsp3) is 0.444.